The van der Waals surface area contributed by atoms with E-state index in [1.54, 1.807) is 23.1 Å². The molecule has 24 heavy (non-hydrogen) atoms. The number of piperazine rings is 1. The third-order valence-corrected chi connectivity index (χ3v) is 5.60. The number of nitrogens with zero attached hydrogens (tertiary/aromatic N) is 2. The first-order valence-electron chi connectivity index (χ1n) is 8.31. The highest BCUT2D eigenvalue weighted by Crippen LogP contribution is 2.19. The summed E-state index contributed by atoms with van der Waals surface area (Å²) in [6.45, 7) is 3.08. The van der Waals surface area contributed by atoms with Gasteiger partial charge >= 0.3 is 0 Å². The van der Waals surface area contributed by atoms with Gasteiger partial charge in [-0.3, -0.25) is 9.59 Å². The fraction of sp³-hybridized carbons (Fsp3) is 0.529. The van der Waals surface area contributed by atoms with Crippen LogP contribution in [0.15, 0.2) is 24.3 Å². The van der Waals surface area contributed by atoms with Crippen molar-refractivity contribution in [1.82, 2.24) is 15.1 Å². The van der Waals surface area contributed by atoms with Gasteiger partial charge in [0.25, 0.3) is 5.91 Å². The van der Waals surface area contributed by atoms with Crippen LogP contribution in [-0.4, -0.2) is 77.0 Å². The van der Waals surface area contributed by atoms with Crippen LogP contribution in [0.5, 0.6) is 5.75 Å². The molecule has 2 fully saturated rings. The van der Waals surface area contributed by atoms with E-state index in [1.807, 2.05) is 16.7 Å². The summed E-state index contributed by atoms with van der Waals surface area (Å²) < 4.78 is 0. The number of rotatable bonds is 3. The van der Waals surface area contributed by atoms with Gasteiger partial charge in [0, 0.05) is 56.7 Å². The maximum atomic E-state index is 12.5. The van der Waals surface area contributed by atoms with Crippen LogP contribution in [0, 0.1) is 0 Å². The van der Waals surface area contributed by atoms with Crippen LogP contribution >= 0.6 is 11.8 Å². The molecule has 0 aliphatic carbocycles. The number of carbonyl (C=O) groups is 2. The van der Waals surface area contributed by atoms with Gasteiger partial charge in [0.05, 0.1) is 5.56 Å². The van der Waals surface area contributed by atoms with Gasteiger partial charge in [-0.1, -0.05) is 12.1 Å². The Bertz CT molecular complexity index is 596. The van der Waals surface area contributed by atoms with Gasteiger partial charge in [0.15, 0.2) is 0 Å². The number of benzene rings is 1. The standard InChI is InChI=1S/C17H23N3O3S/c21-15-4-2-1-3-14(15)17(23)20-8-6-19(7-9-20)16(22)11-13-12-24-10-5-18-13/h1-4,13,18,21H,5-12H2. The van der Waals surface area contributed by atoms with Gasteiger partial charge < -0.3 is 20.2 Å². The normalized spacial score (nSPS) is 21.6. The minimum atomic E-state index is -0.175. The highest BCUT2D eigenvalue weighted by atomic mass is 32.2. The molecule has 7 heteroatoms. The fourth-order valence-corrected chi connectivity index (χ4v) is 4.02. The summed E-state index contributed by atoms with van der Waals surface area (Å²) in [4.78, 5) is 28.4. The number of carbonyl (C=O) groups excluding carboxylic acids is 2. The van der Waals surface area contributed by atoms with Crippen molar-refractivity contribution >= 4 is 23.6 Å². The highest BCUT2D eigenvalue weighted by Gasteiger charge is 2.27. The number of hydrogen-bond donors (Lipinski definition) is 2. The van der Waals surface area contributed by atoms with Crippen LogP contribution in [0.4, 0.5) is 0 Å². The molecule has 0 radical (unpaired) electrons. The summed E-state index contributed by atoms with van der Waals surface area (Å²) in [5, 5.41) is 13.2. The second-order valence-corrected chi connectivity index (χ2v) is 7.27. The molecule has 130 valence electrons. The molecule has 1 unspecified atom stereocenters. The molecule has 1 aromatic rings. The molecule has 1 atom stereocenters. The van der Waals surface area contributed by atoms with Crippen molar-refractivity contribution in [2.24, 2.45) is 0 Å². The minimum Gasteiger partial charge on any atom is -0.507 e. The maximum absolute atomic E-state index is 12.5. The zero-order valence-electron chi connectivity index (χ0n) is 13.6. The van der Waals surface area contributed by atoms with Crippen molar-refractivity contribution in [3.63, 3.8) is 0 Å². The molecule has 2 N–H and O–H groups in total. The van der Waals surface area contributed by atoms with Gasteiger partial charge in [0.1, 0.15) is 5.75 Å². The summed E-state index contributed by atoms with van der Waals surface area (Å²) in [5.74, 6) is 2.08. The topological polar surface area (TPSA) is 72.9 Å². The van der Waals surface area contributed by atoms with E-state index in [0.29, 0.717) is 38.2 Å². The van der Waals surface area contributed by atoms with Gasteiger partial charge in [-0.15, -0.1) is 0 Å². The van der Waals surface area contributed by atoms with E-state index in [4.69, 9.17) is 0 Å². The number of phenols is 1. The van der Waals surface area contributed by atoms with E-state index in [0.717, 1.165) is 18.1 Å². The molecule has 0 saturated carbocycles. The molecule has 3 rings (SSSR count). The van der Waals surface area contributed by atoms with E-state index < -0.39 is 0 Å². The lowest BCUT2D eigenvalue weighted by Gasteiger charge is -2.36. The van der Waals surface area contributed by atoms with Crippen molar-refractivity contribution in [3.05, 3.63) is 29.8 Å². The molecule has 2 amide bonds. The van der Waals surface area contributed by atoms with Gasteiger partial charge in [-0.25, -0.2) is 0 Å². The lowest BCUT2D eigenvalue weighted by Crippen LogP contribution is -2.52. The molecule has 2 heterocycles. The average Bonchev–Trinajstić information content (AvgIpc) is 2.62. The van der Waals surface area contributed by atoms with E-state index >= 15 is 0 Å². The Labute approximate surface area is 146 Å². The number of amides is 2. The summed E-state index contributed by atoms with van der Waals surface area (Å²) in [5.41, 5.74) is 0.320. The summed E-state index contributed by atoms with van der Waals surface area (Å²) in [6, 6.07) is 6.84. The lowest BCUT2D eigenvalue weighted by atomic mass is 10.1. The molecule has 0 aromatic heterocycles. The third-order valence-electron chi connectivity index (χ3n) is 4.47. The molecule has 0 spiro atoms. The first kappa shape index (κ1) is 17.1. The van der Waals surface area contributed by atoms with Crippen LogP contribution in [-0.2, 0) is 4.79 Å². The predicted molar refractivity (Wildman–Crippen MR) is 94.3 cm³/mol. The van der Waals surface area contributed by atoms with E-state index in [-0.39, 0.29) is 23.6 Å². The number of nitrogens with one attached hydrogen (secondary N) is 1. The third kappa shape index (κ3) is 4.02. The van der Waals surface area contributed by atoms with Gasteiger partial charge in [-0.2, -0.15) is 11.8 Å². The molecule has 2 aliphatic heterocycles. The van der Waals surface area contributed by atoms with Crippen LogP contribution < -0.4 is 5.32 Å². The van der Waals surface area contributed by atoms with Crippen molar-refractivity contribution < 1.29 is 14.7 Å². The van der Waals surface area contributed by atoms with E-state index in [9.17, 15) is 14.7 Å². The highest BCUT2D eigenvalue weighted by molar-refractivity contribution is 7.99. The minimum absolute atomic E-state index is 0.00174. The number of para-hydroxylation sites is 1. The SMILES string of the molecule is O=C(CC1CSCCN1)N1CCN(C(=O)c2ccccc2O)CC1. The number of phenolic OH excluding ortho intramolecular Hbond substituents is 1. The molecule has 1 aromatic carbocycles. The number of hydrogen-bond acceptors (Lipinski definition) is 5. The fourth-order valence-electron chi connectivity index (χ4n) is 3.07. The molecular weight excluding hydrogens is 326 g/mol. The largest absolute Gasteiger partial charge is 0.507 e. The van der Waals surface area contributed by atoms with Crippen molar-refractivity contribution in [3.8, 4) is 5.75 Å². The summed E-state index contributed by atoms with van der Waals surface area (Å²) in [7, 11) is 0. The van der Waals surface area contributed by atoms with Crippen LogP contribution in [0.2, 0.25) is 0 Å². The molecule has 2 aliphatic rings. The van der Waals surface area contributed by atoms with Gasteiger partial charge in [-0.05, 0) is 12.1 Å². The second kappa shape index (κ2) is 7.90. The van der Waals surface area contributed by atoms with Crippen LogP contribution in [0.3, 0.4) is 0 Å². The molecule has 6 nitrogen and oxygen atoms in total. The first-order valence-corrected chi connectivity index (χ1v) is 9.47. The van der Waals surface area contributed by atoms with Crippen molar-refractivity contribution in [2.75, 3.05) is 44.2 Å². The predicted octanol–water partition coefficient (Wildman–Crippen LogP) is 0.772. The zero-order chi connectivity index (χ0) is 16.9. The van der Waals surface area contributed by atoms with Crippen molar-refractivity contribution in [2.45, 2.75) is 12.5 Å². The average molecular weight is 349 g/mol. The Balaban J connectivity index is 1.51. The van der Waals surface area contributed by atoms with E-state index in [1.165, 1.54) is 6.07 Å². The number of aromatic hydroxyl groups is 1. The Morgan fingerprint density at radius 2 is 1.88 bits per heavy atom. The second-order valence-electron chi connectivity index (χ2n) is 6.12. The Kier molecular flexibility index (Phi) is 5.63. The smallest absolute Gasteiger partial charge is 0.257 e. The van der Waals surface area contributed by atoms with Crippen LogP contribution in [0.25, 0.3) is 0 Å². The van der Waals surface area contributed by atoms with E-state index in [2.05, 4.69) is 5.32 Å². The van der Waals surface area contributed by atoms with Crippen LogP contribution in [0.1, 0.15) is 16.8 Å². The maximum Gasteiger partial charge on any atom is 0.257 e. The Hall–Kier alpha value is -1.73. The number of thioether (sulfide) groups is 1. The Morgan fingerprint density at radius 1 is 1.17 bits per heavy atom. The first-order chi connectivity index (χ1) is 11.6. The molecule has 0 bridgehead atoms. The molecule has 2 saturated heterocycles. The Morgan fingerprint density at radius 3 is 2.54 bits per heavy atom. The summed E-state index contributed by atoms with van der Waals surface area (Å²) >= 11 is 1.89. The van der Waals surface area contributed by atoms with Crippen molar-refractivity contribution in [1.29, 1.82) is 0 Å². The summed E-state index contributed by atoms with van der Waals surface area (Å²) in [6.07, 6.45) is 0.528. The monoisotopic (exact) mass is 349 g/mol. The molecular formula is C17H23N3O3S. The zero-order valence-corrected chi connectivity index (χ0v) is 14.4. The van der Waals surface area contributed by atoms with Gasteiger partial charge in [0.2, 0.25) is 5.91 Å². The lowest BCUT2D eigenvalue weighted by molar-refractivity contribution is -0.133. The quantitative estimate of drug-likeness (QED) is 0.843.